The standard InChI is InChI=1S/C16H22O2/c1-2-16(15(17)18,12-13-8-6-7-9-13)14-10-4-3-5-11-14/h3-5,10-11,13H,2,6-9,12H2,1H3,(H,17,18). The second-order valence-corrected chi connectivity index (χ2v) is 5.46. The van der Waals surface area contributed by atoms with Crippen LogP contribution in [0.4, 0.5) is 0 Å². The average Bonchev–Trinajstić information content (AvgIpc) is 2.89. The fourth-order valence-electron chi connectivity index (χ4n) is 3.29. The van der Waals surface area contributed by atoms with Gasteiger partial charge in [-0.3, -0.25) is 4.79 Å². The first kappa shape index (κ1) is 13.1. The van der Waals surface area contributed by atoms with E-state index in [4.69, 9.17) is 0 Å². The van der Waals surface area contributed by atoms with Gasteiger partial charge in [0.25, 0.3) is 0 Å². The smallest absolute Gasteiger partial charge is 0.314 e. The molecule has 1 aromatic rings. The second kappa shape index (κ2) is 5.55. The molecule has 98 valence electrons. The first-order chi connectivity index (χ1) is 8.69. The predicted molar refractivity (Wildman–Crippen MR) is 72.6 cm³/mol. The van der Waals surface area contributed by atoms with Gasteiger partial charge in [0.1, 0.15) is 0 Å². The minimum atomic E-state index is -0.684. The summed E-state index contributed by atoms with van der Waals surface area (Å²) in [5, 5.41) is 9.74. The molecule has 1 aliphatic rings. The SMILES string of the molecule is CCC(CC1CCCC1)(C(=O)O)c1ccccc1. The molecule has 0 amide bonds. The van der Waals surface area contributed by atoms with Gasteiger partial charge in [0.2, 0.25) is 0 Å². The largest absolute Gasteiger partial charge is 0.481 e. The maximum absolute atomic E-state index is 11.8. The summed E-state index contributed by atoms with van der Waals surface area (Å²) in [7, 11) is 0. The third kappa shape index (κ3) is 2.43. The number of benzene rings is 1. The molecule has 1 aromatic carbocycles. The highest BCUT2D eigenvalue weighted by Gasteiger charge is 2.40. The summed E-state index contributed by atoms with van der Waals surface area (Å²) in [6.07, 6.45) is 6.38. The fraction of sp³-hybridized carbons (Fsp3) is 0.562. The summed E-state index contributed by atoms with van der Waals surface area (Å²) in [4.78, 5) is 11.8. The summed E-state index contributed by atoms with van der Waals surface area (Å²) in [6.45, 7) is 2.00. The molecular formula is C16H22O2. The molecule has 0 saturated heterocycles. The van der Waals surface area contributed by atoms with Crippen LogP contribution >= 0.6 is 0 Å². The van der Waals surface area contributed by atoms with E-state index in [0.717, 1.165) is 12.0 Å². The van der Waals surface area contributed by atoms with Crippen molar-refractivity contribution in [1.82, 2.24) is 0 Å². The van der Waals surface area contributed by atoms with Crippen LogP contribution < -0.4 is 0 Å². The van der Waals surface area contributed by atoms with Crippen LogP contribution in [-0.4, -0.2) is 11.1 Å². The van der Waals surface area contributed by atoms with Gasteiger partial charge in [-0.1, -0.05) is 62.9 Å². The van der Waals surface area contributed by atoms with Gasteiger partial charge in [-0.25, -0.2) is 0 Å². The molecule has 2 rings (SSSR count). The van der Waals surface area contributed by atoms with Crippen molar-refractivity contribution in [2.45, 2.75) is 50.9 Å². The van der Waals surface area contributed by atoms with E-state index >= 15 is 0 Å². The number of rotatable bonds is 5. The molecule has 18 heavy (non-hydrogen) atoms. The van der Waals surface area contributed by atoms with E-state index in [-0.39, 0.29) is 0 Å². The summed E-state index contributed by atoms with van der Waals surface area (Å²) >= 11 is 0. The monoisotopic (exact) mass is 246 g/mol. The van der Waals surface area contributed by atoms with E-state index in [2.05, 4.69) is 0 Å². The van der Waals surface area contributed by atoms with Crippen molar-refractivity contribution in [3.8, 4) is 0 Å². The number of carboxylic acids is 1. The van der Waals surface area contributed by atoms with Crippen molar-refractivity contribution in [2.75, 3.05) is 0 Å². The van der Waals surface area contributed by atoms with E-state index in [1.807, 2.05) is 37.3 Å². The normalized spacial score (nSPS) is 19.6. The van der Waals surface area contributed by atoms with Gasteiger partial charge in [-0.05, 0) is 24.3 Å². The Kier molecular flexibility index (Phi) is 4.05. The Labute approximate surface area is 109 Å². The van der Waals surface area contributed by atoms with Crippen molar-refractivity contribution in [3.63, 3.8) is 0 Å². The van der Waals surface area contributed by atoms with Crippen LogP contribution in [0.2, 0.25) is 0 Å². The maximum Gasteiger partial charge on any atom is 0.314 e. The molecule has 0 heterocycles. The van der Waals surface area contributed by atoms with Crippen LogP contribution in [0, 0.1) is 5.92 Å². The van der Waals surface area contributed by atoms with E-state index in [1.165, 1.54) is 25.7 Å². The van der Waals surface area contributed by atoms with Gasteiger partial charge in [-0.15, -0.1) is 0 Å². The van der Waals surface area contributed by atoms with Crippen LogP contribution in [0.5, 0.6) is 0 Å². The highest BCUT2D eigenvalue weighted by atomic mass is 16.4. The highest BCUT2D eigenvalue weighted by Crippen LogP contribution is 2.40. The van der Waals surface area contributed by atoms with Gasteiger partial charge in [0.05, 0.1) is 5.41 Å². The molecular weight excluding hydrogens is 224 g/mol. The Hall–Kier alpha value is -1.31. The fourth-order valence-corrected chi connectivity index (χ4v) is 3.29. The zero-order chi connectivity index (χ0) is 13.0. The molecule has 1 N–H and O–H groups in total. The van der Waals surface area contributed by atoms with E-state index < -0.39 is 11.4 Å². The van der Waals surface area contributed by atoms with Crippen molar-refractivity contribution >= 4 is 5.97 Å². The summed E-state index contributed by atoms with van der Waals surface area (Å²) in [5.41, 5.74) is 0.280. The molecule has 2 nitrogen and oxygen atoms in total. The van der Waals surface area contributed by atoms with Crippen molar-refractivity contribution in [1.29, 1.82) is 0 Å². The molecule has 1 aliphatic carbocycles. The molecule has 0 aliphatic heterocycles. The van der Waals surface area contributed by atoms with E-state index in [1.54, 1.807) is 0 Å². The van der Waals surface area contributed by atoms with Crippen molar-refractivity contribution < 1.29 is 9.90 Å². The second-order valence-electron chi connectivity index (χ2n) is 5.46. The van der Waals surface area contributed by atoms with Gasteiger partial charge in [-0.2, -0.15) is 0 Å². The Balaban J connectivity index is 2.30. The molecule has 1 atom stereocenters. The van der Waals surface area contributed by atoms with Crippen LogP contribution in [0.1, 0.15) is 51.0 Å². The molecule has 1 saturated carbocycles. The van der Waals surface area contributed by atoms with Gasteiger partial charge < -0.3 is 5.11 Å². The lowest BCUT2D eigenvalue weighted by Gasteiger charge is -2.31. The van der Waals surface area contributed by atoms with E-state index in [9.17, 15) is 9.90 Å². The number of carboxylic acid groups (broad SMARTS) is 1. The summed E-state index contributed by atoms with van der Waals surface area (Å²) in [5.74, 6) is -0.0793. The Morgan fingerprint density at radius 1 is 1.28 bits per heavy atom. The summed E-state index contributed by atoms with van der Waals surface area (Å²) < 4.78 is 0. The first-order valence-corrected chi connectivity index (χ1v) is 6.98. The van der Waals surface area contributed by atoms with Crippen LogP contribution in [0.25, 0.3) is 0 Å². The van der Waals surface area contributed by atoms with Crippen LogP contribution in [-0.2, 0) is 10.2 Å². The zero-order valence-electron chi connectivity index (χ0n) is 11.1. The first-order valence-electron chi connectivity index (χ1n) is 6.98. The van der Waals surface area contributed by atoms with Crippen molar-refractivity contribution in [3.05, 3.63) is 35.9 Å². The topological polar surface area (TPSA) is 37.3 Å². The number of hydrogen-bond acceptors (Lipinski definition) is 1. The lowest BCUT2D eigenvalue weighted by atomic mass is 9.71. The Morgan fingerprint density at radius 2 is 1.89 bits per heavy atom. The quantitative estimate of drug-likeness (QED) is 0.852. The van der Waals surface area contributed by atoms with Crippen molar-refractivity contribution in [2.24, 2.45) is 5.92 Å². The minimum absolute atomic E-state index is 0.584. The Bertz CT molecular complexity index is 393. The third-order valence-corrected chi connectivity index (χ3v) is 4.45. The molecule has 1 unspecified atom stereocenters. The molecule has 0 spiro atoms. The number of hydrogen-bond donors (Lipinski definition) is 1. The maximum atomic E-state index is 11.8. The Morgan fingerprint density at radius 3 is 2.39 bits per heavy atom. The molecule has 1 fully saturated rings. The molecule has 0 aromatic heterocycles. The van der Waals surface area contributed by atoms with Crippen LogP contribution in [0.3, 0.4) is 0 Å². The zero-order valence-corrected chi connectivity index (χ0v) is 11.1. The number of aliphatic carboxylic acids is 1. The third-order valence-electron chi connectivity index (χ3n) is 4.45. The molecule has 0 bridgehead atoms. The van der Waals surface area contributed by atoms with Gasteiger partial charge in [0.15, 0.2) is 0 Å². The predicted octanol–water partition coefficient (Wildman–Crippen LogP) is 4.00. The average molecular weight is 246 g/mol. The highest BCUT2D eigenvalue weighted by molar-refractivity contribution is 5.81. The molecule has 2 heteroatoms. The van der Waals surface area contributed by atoms with E-state index in [0.29, 0.717) is 12.3 Å². The number of carbonyl (C=O) groups is 1. The van der Waals surface area contributed by atoms with Gasteiger partial charge >= 0.3 is 5.97 Å². The lowest BCUT2D eigenvalue weighted by Crippen LogP contribution is -2.37. The minimum Gasteiger partial charge on any atom is -0.481 e. The van der Waals surface area contributed by atoms with Crippen LogP contribution in [0.15, 0.2) is 30.3 Å². The summed E-state index contributed by atoms with van der Waals surface area (Å²) in [6, 6.07) is 9.76. The molecule has 0 radical (unpaired) electrons. The van der Waals surface area contributed by atoms with Gasteiger partial charge in [0, 0.05) is 0 Å². The lowest BCUT2D eigenvalue weighted by molar-refractivity contribution is -0.144.